The van der Waals surface area contributed by atoms with E-state index >= 15 is 0 Å². The monoisotopic (exact) mass is 214 g/mol. The fourth-order valence-corrected chi connectivity index (χ4v) is 1.11. The van der Waals surface area contributed by atoms with E-state index in [0.717, 1.165) is 6.20 Å². The molecule has 0 unspecified atom stereocenters. The maximum Gasteiger partial charge on any atom is 0.574 e. The first kappa shape index (κ1) is 9.70. The summed E-state index contributed by atoms with van der Waals surface area (Å²) in [6.45, 7) is 0. The molecule has 0 spiro atoms. The van der Waals surface area contributed by atoms with Gasteiger partial charge in [-0.3, -0.25) is 0 Å². The van der Waals surface area contributed by atoms with Crippen molar-refractivity contribution in [1.29, 1.82) is 0 Å². The highest BCUT2D eigenvalue weighted by molar-refractivity contribution is 5.73. The number of rotatable bonds is 1. The Morgan fingerprint density at radius 2 is 1.73 bits per heavy atom. The Kier molecular flexibility index (Phi) is 2.18. The largest absolute Gasteiger partial charge is 0.574 e. The van der Waals surface area contributed by atoms with Crippen LogP contribution in [0.1, 0.15) is 0 Å². The summed E-state index contributed by atoms with van der Waals surface area (Å²) in [4.78, 5) is 7.43. The van der Waals surface area contributed by atoms with Crippen molar-refractivity contribution in [2.24, 2.45) is 0 Å². The molecular weight excluding hydrogens is 209 g/mol. The molecule has 6 heteroatoms. The van der Waals surface area contributed by atoms with Gasteiger partial charge in [0.05, 0.1) is 17.2 Å². The number of fused-ring (bicyclic) bond motifs is 1. The summed E-state index contributed by atoms with van der Waals surface area (Å²) in [6, 6.07) is 6.60. The van der Waals surface area contributed by atoms with E-state index in [1.54, 1.807) is 24.3 Å². The zero-order valence-electron chi connectivity index (χ0n) is 7.32. The number of hydrogen-bond acceptors (Lipinski definition) is 3. The SMILES string of the molecule is FC(F)(F)Oc1cnc2ccccc2n1. The van der Waals surface area contributed by atoms with Gasteiger partial charge in [0.25, 0.3) is 0 Å². The molecule has 0 saturated carbocycles. The first-order chi connectivity index (χ1) is 7.04. The van der Waals surface area contributed by atoms with Crippen LogP contribution in [0.15, 0.2) is 30.5 Å². The number of halogens is 3. The molecule has 0 fully saturated rings. The van der Waals surface area contributed by atoms with Crippen LogP contribution in [0.2, 0.25) is 0 Å². The van der Waals surface area contributed by atoms with Crippen LogP contribution in [0.3, 0.4) is 0 Å². The maximum absolute atomic E-state index is 11.9. The summed E-state index contributed by atoms with van der Waals surface area (Å²) in [5.74, 6) is -0.554. The lowest BCUT2D eigenvalue weighted by atomic mass is 10.3. The van der Waals surface area contributed by atoms with Gasteiger partial charge in [-0.25, -0.2) is 9.97 Å². The van der Waals surface area contributed by atoms with Crippen molar-refractivity contribution >= 4 is 11.0 Å². The molecule has 0 bridgehead atoms. The van der Waals surface area contributed by atoms with Gasteiger partial charge in [-0.15, -0.1) is 13.2 Å². The van der Waals surface area contributed by atoms with Gasteiger partial charge in [0.2, 0.25) is 5.88 Å². The third-order valence-corrected chi connectivity index (χ3v) is 1.65. The second-order valence-electron chi connectivity index (χ2n) is 2.74. The molecule has 3 nitrogen and oxygen atoms in total. The van der Waals surface area contributed by atoms with Crippen molar-refractivity contribution in [3.8, 4) is 5.88 Å². The first-order valence-corrected chi connectivity index (χ1v) is 4.02. The molecule has 0 aliphatic carbocycles. The second kappa shape index (κ2) is 3.38. The van der Waals surface area contributed by atoms with E-state index < -0.39 is 12.2 Å². The van der Waals surface area contributed by atoms with Gasteiger partial charge < -0.3 is 4.74 Å². The number of para-hydroxylation sites is 2. The topological polar surface area (TPSA) is 35.0 Å². The third-order valence-electron chi connectivity index (χ3n) is 1.65. The van der Waals surface area contributed by atoms with Crippen LogP contribution >= 0.6 is 0 Å². The van der Waals surface area contributed by atoms with Crippen LogP contribution < -0.4 is 4.74 Å². The Labute approximate surface area is 82.5 Å². The minimum atomic E-state index is -4.74. The summed E-state index contributed by atoms with van der Waals surface area (Å²) in [5, 5.41) is 0. The standard InChI is InChI=1S/C9H5F3N2O/c10-9(11,12)15-8-5-13-6-3-1-2-4-7(6)14-8/h1-5H. The van der Waals surface area contributed by atoms with Crippen molar-refractivity contribution in [3.05, 3.63) is 30.5 Å². The molecule has 15 heavy (non-hydrogen) atoms. The molecule has 2 rings (SSSR count). The van der Waals surface area contributed by atoms with Crippen LogP contribution in [0.4, 0.5) is 13.2 Å². The smallest absolute Gasteiger partial charge is 0.386 e. The van der Waals surface area contributed by atoms with Crippen molar-refractivity contribution < 1.29 is 17.9 Å². The summed E-state index contributed by atoms with van der Waals surface area (Å²) in [7, 11) is 0. The van der Waals surface area contributed by atoms with Gasteiger partial charge in [0.1, 0.15) is 0 Å². The molecule has 1 aromatic carbocycles. The van der Waals surface area contributed by atoms with E-state index in [9.17, 15) is 13.2 Å². The van der Waals surface area contributed by atoms with Gasteiger partial charge in [-0.2, -0.15) is 0 Å². The number of ether oxygens (including phenoxy) is 1. The summed E-state index contributed by atoms with van der Waals surface area (Å²) in [6.07, 6.45) is -3.80. The molecule has 1 heterocycles. The van der Waals surface area contributed by atoms with Crippen LogP contribution in [-0.4, -0.2) is 16.3 Å². The lowest BCUT2D eigenvalue weighted by Crippen LogP contribution is -2.18. The predicted octanol–water partition coefficient (Wildman–Crippen LogP) is 2.53. The Hall–Kier alpha value is -1.85. The summed E-state index contributed by atoms with van der Waals surface area (Å²) < 4.78 is 39.2. The zero-order valence-corrected chi connectivity index (χ0v) is 7.32. The number of benzene rings is 1. The molecule has 0 saturated heterocycles. The molecule has 2 aromatic rings. The van der Waals surface area contributed by atoms with Crippen molar-refractivity contribution in [2.45, 2.75) is 6.36 Å². The van der Waals surface area contributed by atoms with E-state index in [2.05, 4.69) is 14.7 Å². The number of aromatic nitrogens is 2. The third kappa shape index (κ3) is 2.34. The van der Waals surface area contributed by atoms with Gasteiger partial charge in [-0.05, 0) is 12.1 Å². The molecule has 0 aliphatic rings. The molecule has 0 amide bonds. The van der Waals surface area contributed by atoms with Gasteiger partial charge in [0, 0.05) is 0 Å². The number of hydrogen-bond donors (Lipinski definition) is 0. The fourth-order valence-electron chi connectivity index (χ4n) is 1.11. The van der Waals surface area contributed by atoms with E-state index in [4.69, 9.17) is 0 Å². The van der Waals surface area contributed by atoms with Crippen LogP contribution in [-0.2, 0) is 0 Å². The van der Waals surface area contributed by atoms with Gasteiger partial charge >= 0.3 is 6.36 Å². The average Bonchev–Trinajstić information content (AvgIpc) is 2.15. The summed E-state index contributed by atoms with van der Waals surface area (Å²) in [5.41, 5.74) is 0.881. The highest BCUT2D eigenvalue weighted by atomic mass is 19.4. The molecule has 78 valence electrons. The van der Waals surface area contributed by atoms with Gasteiger partial charge in [0.15, 0.2) is 0 Å². The minimum Gasteiger partial charge on any atom is -0.386 e. The quantitative estimate of drug-likeness (QED) is 0.731. The number of alkyl halides is 3. The van der Waals surface area contributed by atoms with Crippen molar-refractivity contribution in [1.82, 2.24) is 9.97 Å². The van der Waals surface area contributed by atoms with Gasteiger partial charge in [-0.1, -0.05) is 12.1 Å². The van der Waals surface area contributed by atoms with Crippen LogP contribution in [0.5, 0.6) is 5.88 Å². The Morgan fingerprint density at radius 3 is 2.40 bits per heavy atom. The molecule has 0 atom stereocenters. The van der Waals surface area contributed by atoms with Crippen LogP contribution in [0.25, 0.3) is 11.0 Å². The van der Waals surface area contributed by atoms with E-state index in [1.807, 2.05) is 0 Å². The highest BCUT2D eigenvalue weighted by Crippen LogP contribution is 2.21. The molecule has 1 aromatic heterocycles. The Morgan fingerprint density at radius 1 is 1.07 bits per heavy atom. The fraction of sp³-hybridized carbons (Fsp3) is 0.111. The average molecular weight is 214 g/mol. The second-order valence-corrected chi connectivity index (χ2v) is 2.74. The normalized spacial score (nSPS) is 11.7. The highest BCUT2D eigenvalue weighted by Gasteiger charge is 2.31. The zero-order chi connectivity index (χ0) is 10.9. The number of nitrogens with zero attached hydrogens (tertiary/aromatic N) is 2. The van der Waals surface area contributed by atoms with E-state index in [-0.39, 0.29) is 0 Å². The summed E-state index contributed by atoms with van der Waals surface area (Å²) >= 11 is 0. The van der Waals surface area contributed by atoms with E-state index in [1.165, 1.54) is 0 Å². The molecule has 0 N–H and O–H groups in total. The molecule has 0 radical (unpaired) electrons. The molecule has 0 aliphatic heterocycles. The lowest BCUT2D eigenvalue weighted by molar-refractivity contribution is -0.276. The predicted molar refractivity (Wildman–Crippen MR) is 46.2 cm³/mol. The lowest BCUT2D eigenvalue weighted by Gasteiger charge is -2.07. The minimum absolute atomic E-state index is 0.360. The Bertz CT molecular complexity index is 484. The van der Waals surface area contributed by atoms with E-state index in [0.29, 0.717) is 11.0 Å². The van der Waals surface area contributed by atoms with Crippen molar-refractivity contribution in [3.63, 3.8) is 0 Å². The maximum atomic E-state index is 11.9. The Balaban J connectivity index is 2.39. The van der Waals surface area contributed by atoms with Crippen molar-refractivity contribution in [2.75, 3.05) is 0 Å². The molecular formula is C9H5F3N2O. The first-order valence-electron chi connectivity index (χ1n) is 4.02. The van der Waals surface area contributed by atoms with Crippen LogP contribution in [0, 0.1) is 0 Å².